The van der Waals surface area contributed by atoms with Crippen molar-refractivity contribution in [2.45, 2.75) is 37.6 Å². The average molecular weight is 472 g/mol. The van der Waals surface area contributed by atoms with Crippen LogP contribution in [0.2, 0.25) is 0 Å². The predicted molar refractivity (Wildman–Crippen MR) is 119 cm³/mol. The topological polar surface area (TPSA) is 105 Å². The third-order valence-electron chi connectivity index (χ3n) is 6.47. The Kier molecular flexibility index (Phi) is 6.54. The summed E-state index contributed by atoms with van der Waals surface area (Å²) < 4.78 is 33.6. The lowest BCUT2D eigenvalue weighted by Gasteiger charge is -2.14. The van der Waals surface area contributed by atoms with Crippen LogP contribution >= 0.6 is 0 Å². The number of benzene rings is 2. The van der Waals surface area contributed by atoms with Crippen molar-refractivity contribution in [2.24, 2.45) is 11.8 Å². The van der Waals surface area contributed by atoms with E-state index in [1.807, 2.05) is 48.5 Å². The number of nitrogens with one attached hydrogen (secondary N) is 2. The van der Waals surface area contributed by atoms with Crippen LogP contribution in [-0.4, -0.2) is 48.2 Å². The summed E-state index contributed by atoms with van der Waals surface area (Å²) in [6, 6.07) is 15.2. The van der Waals surface area contributed by atoms with E-state index in [1.54, 1.807) is 6.92 Å². The number of hydrogen-bond acceptors (Lipinski definition) is 4. The van der Waals surface area contributed by atoms with Gasteiger partial charge in [-0.2, -0.15) is 0 Å². The van der Waals surface area contributed by atoms with Crippen LogP contribution in [0.15, 0.2) is 48.5 Å². The molecule has 1 saturated carbocycles. The van der Waals surface area contributed by atoms with E-state index in [2.05, 4.69) is 10.6 Å². The average Bonchev–Trinajstić information content (AvgIpc) is 3.21. The first kappa shape index (κ1) is 23.7. The fourth-order valence-electron chi connectivity index (χ4n) is 4.59. The molecule has 2 aliphatic rings. The molecule has 0 saturated heterocycles. The highest BCUT2D eigenvalue weighted by Crippen LogP contribution is 2.55. The van der Waals surface area contributed by atoms with Gasteiger partial charge in [-0.15, -0.1) is 0 Å². The molecular weight excluding hydrogens is 446 g/mol. The summed E-state index contributed by atoms with van der Waals surface area (Å²) in [5.41, 5.74) is 4.24. The summed E-state index contributed by atoms with van der Waals surface area (Å²) in [6.07, 6.45) is -0.851. The lowest BCUT2D eigenvalue weighted by Crippen LogP contribution is -2.36. The first-order valence-corrected chi connectivity index (χ1v) is 11.2. The monoisotopic (exact) mass is 472 g/mol. The number of halogens is 2. The number of carboxylic acid groups (broad SMARTS) is 1. The molecule has 3 atom stereocenters. The molecule has 2 amide bonds. The van der Waals surface area contributed by atoms with E-state index in [1.165, 1.54) is 0 Å². The molecule has 34 heavy (non-hydrogen) atoms. The zero-order valence-corrected chi connectivity index (χ0v) is 18.6. The number of alkyl carbamates (subject to hydrolysis) is 1. The van der Waals surface area contributed by atoms with Gasteiger partial charge in [0.05, 0.1) is 5.92 Å². The maximum atomic E-state index is 14.1. The minimum absolute atomic E-state index is 0.0614. The number of carbonyl (C=O) groups is 3. The number of hydrogen-bond donors (Lipinski definition) is 3. The van der Waals surface area contributed by atoms with Crippen LogP contribution in [0, 0.1) is 11.8 Å². The number of amides is 2. The Bertz CT molecular complexity index is 1060. The Labute approximate surface area is 195 Å². The van der Waals surface area contributed by atoms with E-state index >= 15 is 0 Å². The summed E-state index contributed by atoms with van der Waals surface area (Å²) in [6.45, 7) is 1.22. The van der Waals surface area contributed by atoms with Gasteiger partial charge in [0.15, 0.2) is 0 Å². The summed E-state index contributed by atoms with van der Waals surface area (Å²) in [5, 5.41) is 13.5. The molecule has 180 valence electrons. The standard InChI is InChI=1S/C25H26F2N2O5/c1-14(10-11-21(30)31)29-23(32)22-20(25(22,26)27)12-28-24(33)34-13-19-17-8-4-2-6-15(17)16-7-3-5-9-18(16)19/h2-9,14,19-20,22H,10-13H2,1H3,(H,28,33)(H,29,32)(H,30,31)/t14?,20-,22-/m0/s1. The van der Waals surface area contributed by atoms with Crippen molar-refractivity contribution in [2.75, 3.05) is 13.2 Å². The number of carboxylic acids is 1. The minimum atomic E-state index is -3.24. The molecule has 0 heterocycles. The van der Waals surface area contributed by atoms with Crippen molar-refractivity contribution in [3.63, 3.8) is 0 Å². The van der Waals surface area contributed by atoms with E-state index in [-0.39, 0.29) is 25.4 Å². The SMILES string of the molecule is CC(CCC(=O)O)NC(=O)[C@@H]1[C@H](CNC(=O)OCC2c3ccccc3-c3ccccc32)C1(F)F. The molecule has 3 N–H and O–H groups in total. The van der Waals surface area contributed by atoms with Gasteiger partial charge in [0.25, 0.3) is 5.92 Å². The normalized spacial score (nSPS) is 20.6. The molecule has 0 aromatic heterocycles. The van der Waals surface area contributed by atoms with Crippen LogP contribution in [0.25, 0.3) is 11.1 Å². The number of alkyl halides is 2. The van der Waals surface area contributed by atoms with E-state index in [4.69, 9.17) is 9.84 Å². The quantitative estimate of drug-likeness (QED) is 0.515. The number of carbonyl (C=O) groups excluding carboxylic acids is 2. The molecule has 9 heteroatoms. The van der Waals surface area contributed by atoms with Gasteiger partial charge in [0.2, 0.25) is 5.91 Å². The van der Waals surface area contributed by atoms with Gasteiger partial charge in [-0.25, -0.2) is 13.6 Å². The molecule has 7 nitrogen and oxygen atoms in total. The number of fused-ring (bicyclic) bond motifs is 3. The van der Waals surface area contributed by atoms with Gasteiger partial charge in [-0.1, -0.05) is 48.5 Å². The van der Waals surface area contributed by atoms with Crippen molar-refractivity contribution >= 4 is 18.0 Å². The van der Waals surface area contributed by atoms with Gasteiger partial charge in [0, 0.05) is 24.9 Å². The molecule has 0 radical (unpaired) electrons. The van der Waals surface area contributed by atoms with Crippen LogP contribution in [-0.2, 0) is 14.3 Å². The van der Waals surface area contributed by atoms with Crippen LogP contribution in [0.1, 0.15) is 36.8 Å². The Morgan fingerprint density at radius 2 is 1.65 bits per heavy atom. The predicted octanol–water partition coefficient (Wildman–Crippen LogP) is 3.78. The van der Waals surface area contributed by atoms with E-state index in [9.17, 15) is 23.2 Å². The molecule has 0 bridgehead atoms. The van der Waals surface area contributed by atoms with Gasteiger partial charge in [-0.05, 0) is 35.6 Å². The second-order valence-electron chi connectivity index (χ2n) is 8.81. The van der Waals surface area contributed by atoms with Crippen LogP contribution in [0.5, 0.6) is 0 Å². The molecule has 1 fully saturated rings. The van der Waals surface area contributed by atoms with Gasteiger partial charge >= 0.3 is 12.1 Å². The Morgan fingerprint density at radius 3 is 2.24 bits per heavy atom. The van der Waals surface area contributed by atoms with E-state index < -0.39 is 48.3 Å². The Balaban J connectivity index is 1.28. The fourth-order valence-corrected chi connectivity index (χ4v) is 4.59. The Morgan fingerprint density at radius 1 is 1.06 bits per heavy atom. The third-order valence-corrected chi connectivity index (χ3v) is 6.47. The summed E-state index contributed by atoms with van der Waals surface area (Å²) >= 11 is 0. The number of ether oxygens (including phenoxy) is 1. The summed E-state index contributed by atoms with van der Waals surface area (Å²) in [4.78, 5) is 35.0. The van der Waals surface area contributed by atoms with Crippen molar-refractivity contribution in [3.8, 4) is 11.1 Å². The van der Waals surface area contributed by atoms with E-state index in [0.29, 0.717) is 0 Å². The molecule has 1 unspecified atom stereocenters. The van der Waals surface area contributed by atoms with Crippen molar-refractivity contribution in [1.29, 1.82) is 0 Å². The molecule has 0 aliphatic heterocycles. The highest BCUT2D eigenvalue weighted by Gasteiger charge is 2.71. The molecule has 2 aliphatic carbocycles. The van der Waals surface area contributed by atoms with Gasteiger partial charge in [-0.3, -0.25) is 9.59 Å². The van der Waals surface area contributed by atoms with Crippen LogP contribution in [0.3, 0.4) is 0 Å². The second kappa shape index (κ2) is 9.40. The first-order valence-electron chi connectivity index (χ1n) is 11.2. The fraction of sp³-hybridized carbons (Fsp3) is 0.400. The smallest absolute Gasteiger partial charge is 0.407 e. The van der Waals surface area contributed by atoms with Gasteiger partial charge in [0.1, 0.15) is 12.5 Å². The van der Waals surface area contributed by atoms with Crippen molar-refractivity contribution in [3.05, 3.63) is 59.7 Å². The molecule has 0 spiro atoms. The zero-order chi connectivity index (χ0) is 24.5. The molecule has 4 rings (SSSR count). The largest absolute Gasteiger partial charge is 0.481 e. The zero-order valence-electron chi connectivity index (χ0n) is 18.6. The first-order chi connectivity index (χ1) is 16.2. The number of rotatable bonds is 9. The number of aliphatic carboxylic acids is 1. The highest BCUT2D eigenvalue weighted by molar-refractivity contribution is 5.84. The summed E-state index contributed by atoms with van der Waals surface area (Å²) in [7, 11) is 0. The van der Waals surface area contributed by atoms with Crippen LogP contribution < -0.4 is 10.6 Å². The van der Waals surface area contributed by atoms with Gasteiger partial charge < -0.3 is 20.5 Å². The van der Waals surface area contributed by atoms with Crippen molar-refractivity contribution < 1.29 is 33.0 Å². The molecule has 2 aromatic rings. The Hall–Kier alpha value is -3.49. The highest BCUT2D eigenvalue weighted by atomic mass is 19.3. The summed E-state index contributed by atoms with van der Waals surface area (Å²) in [5.74, 6) is -8.15. The molecule has 2 aromatic carbocycles. The van der Waals surface area contributed by atoms with Crippen molar-refractivity contribution in [1.82, 2.24) is 10.6 Å². The second-order valence-corrected chi connectivity index (χ2v) is 8.81. The minimum Gasteiger partial charge on any atom is -0.481 e. The lowest BCUT2D eigenvalue weighted by atomic mass is 9.98. The third kappa shape index (κ3) is 4.73. The van der Waals surface area contributed by atoms with E-state index in [0.717, 1.165) is 22.3 Å². The maximum absolute atomic E-state index is 14.1. The molecular formula is C25H26F2N2O5. The lowest BCUT2D eigenvalue weighted by molar-refractivity contribution is -0.137. The maximum Gasteiger partial charge on any atom is 0.407 e. The van der Waals surface area contributed by atoms with Crippen LogP contribution in [0.4, 0.5) is 13.6 Å².